The van der Waals surface area contributed by atoms with Crippen molar-refractivity contribution in [1.29, 1.82) is 0 Å². The van der Waals surface area contributed by atoms with E-state index in [4.69, 9.17) is 0 Å². The van der Waals surface area contributed by atoms with E-state index in [1.54, 1.807) is 0 Å². The van der Waals surface area contributed by atoms with Crippen LogP contribution in [0.4, 0.5) is 5.69 Å². The first-order valence-corrected chi connectivity index (χ1v) is 8.37. The van der Waals surface area contributed by atoms with Crippen LogP contribution >= 0.6 is 0 Å². The molecule has 1 aliphatic rings. The second-order valence-electron chi connectivity index (χ2n) is 6.32. The van der Waals surface area contributed by atoms with E-state index in [1.807, 2.05) is 55.1 Å². The van der Waals surface area contributed by atoms with Crippen LogP contribution in [-0.2, 0) is 4.79 Å². The molecule has 23 heavy (non-hydrogen) atoms. The molecule has 0 radical (unpaired) electrons. The Kier molecular flexibility index (Phi) is 6.02. The maximum Gasteiger partial charge on any atom is 0.251 e. The fraction of sp³-hybridized carbons (Fsp3) is 0.556. The number of nitrogens with zero attached hydrogens (tertiary/aromatic N) is 2. The molecule has 1 N–H and O–H groups in total. The van der Waals surface area contributed by atoms with Crippen molar-refractivity contribution in [2.45, 2.75) is 38.6 Å². The molecule has 0 spiro atoms. The van der Waals surface area contributed by atoms with E-state index in [2.05, 4.69) is 5.32 Å². The summed E-state index contributed by atoms with van der Waals surface area (Å²) in [6.07, 6.45) is 3.17. The molecule has 126 valence electrons. The summed E-state index contributed by atoms with van der Waals surface area (Å²) in [5.74, 6) is 0.199. The Morgan fingerprint density at radius 1 is 1.17 bits per heavy atom. The van der Waals surface area contributed by atoms with Gasteiger partial charge in [-0.2, -0.15) is 0 Å². The van der Waals surface area contributed by atoms with Gasteiger partial charge in [-0.05, 0) is 43.5 Å². The molecule has 0 saturated carbocycles. The van der Waals surface area contributed by atoms with E-state index < -0.39 is 0 Å². The minimum absolute atomic E-state index is 0.0337. The van der Waals surface area contributed by atoms with Crippen LogP contribution in [0, 0.1) is 0 Å². The van der Waals surface area contributed by atoms with Gasteiger partial charge in [-0.25, -0.2) is 0 Å². The summed E-state index contributed by atoms with van der Waals surface area (Å²) < 4.78 is 0. The summed E-state index contributed by atoms with van der Waals surface area (Å²) in [5.41, 5.74) is 1.75. The molecule has 1 fully saturated rings. The predicted molar refractivity (Wildman–Crippen MR) is 92.7 cm³/mol. The molecule has 5 nitrogen and oxygen atoms in total. The van der Waals surface area contributed by atoms with Crippen molar-refractivity contribution in [3.63, 3.8) is 0 Å². The van der Waals surface area contributed by atoms with Crippen LogP contribution in [0.5, 0.6) is 0 Å². The Bertz CT molecular complexity index is 532. The fourth-order valence-electron chi connectivity index (χ4n) is 2.82. The van der Waals surface area contributed by atoms with Gasteiger partial charge in [0.1, 0.15) is 0 Å². The van der Waals surface area contributed by atoms with E-state index in [0.29, 0.717) is 12.0 Å². The van der Waals surface area contributed by atoms with Gasteiger partial charge >= 0.3 is 0 Å². The lowest BCUT2D eigenvalue weighted by Gasteiger charge is -2.32. The normalized spacial score (nSPS) is 15.3. The summed E-state index contributed by atoms with van der Waals surface area (Å²) in [5, 5.41) is 3.08. The van der Waals surface area contributed by atoms with E-state index >= 15 is 0 Å². The number of anilines is 1. The van der Waals surface area contributed by atoms with Crippen molar-refractivity contribution in [3.05, 3.63) is 29.8 Å². The highest BCUT2D eigenvalue weighted by molar-refractivity contribution is 5.94. The molecule has 0 unspecified atom stereocenters. The highest BCUT2D eigenvalue weighted by Crippen LogP contribution is 2.15. The third kappa shape index (κ3) is 4.71. The van der Waals surface area contributed by atoms with Crippen molar-refractivity contribution >= 4 is 17.5 Å². The Balaban J connectivity index is 1.84. The number of nitrogens with one attached hydrogen (secondary N) is 1. The average molecular weight is 317 g/mol. The SMILES string of the molecule is CCCC(=O)N1CCC(NC(=O)c2ccc(N(C)C)cc2)CC1. The number of likely N-dealkylation sites (tertiary alicyclic amines) is 1. The van der Waals surface area contributed by atoms with E-state index in [-0.39, 0.29) is 17.9 Å². The molecule has 1 aliphatic heterocycles. The highest BCUT2D eigenvalue weighted by atomic mass is 16.2. The summed E-state index contributed by atoms with van der Waals surface area (Å²) in [6.45, 7) is 3.50. The summed E-state index contributed by atoms with van der Waals surface area (Å²) in [6, 6.07) is 7.75. The number of hydrogen-bond donors (Lipinski definition) is 1. The van der Waals surface area contributed by atoms with E-state index in [1.165, 1.54) is 0 Å². The van der Waals surface area contributed by atoms with Crippen LogP contribution in [0.1, 0.15) is 43.0 Å². The molecule has 0 aliphatic carbocycles. The first-order valence-electron chi connectivity index (χ1n) is 8.37. The molecule has 2 rings (SSSR count). The van der Waals surface area contributed by atoms with Gasteiger partial charge in [0.2, 0.25) is 5.91 Å². The third-order valence-electron chi connectivity index (χ3n) is 4.29. The largest absolute Gasteiger partial charge is 0.378 e. The van der Waals surface area contributed by atoms with Crippen LogP contribution in [0.15, 0.2) is 24.3 Å². The fourth-order valence-corrected chi connectivity index (χ4v) is 2.82. The molecule has 5 heteroatoms. The zero-order chi connectivity index (χ0) is 16.8. The van der Waals surface area contributed by atoms with Crippen molar-refractivity contribution in [2.75, 3.05) is 32.1 Å². The quantitative estimate of drug-likeness (QED) is 0.906. The van der Waals surface area contributed by atoms with E-state index in [9.17, 15) is 9.59 Å². The van der Waals surface area contributed by atoms with Crippen LogP contribution in [0.3, 0.4) is 0 Å². The highest BCUT2D eigenvalue weighted by Gasteiger charge is 2.23. The number of carbonyl (C=O) groups is 2. The van der Waals surface area contributed by atoms with Crippen molar-refractivity contribution < 1.29 is 9.59 Å². The molecular formula is C18H27N3O2. The molecule has 0 bridgehead atoms. The maximum atomic E-state index is 12.3. The van der Waals surface area contributed by atoms with Gasteiger partial charge in [-0.15, -0.1) is 0 Å². The molecular weight excluding hydrogens is 290 g/mol. The zero-order valence-corrected chi connectivity index (χ0v) is 14.3. The Labute approximate surface area is 138 Å². The Morgan fingerprint density at radius 3 is 2.30 bits per heavy atom. The molecule has 1 aromatic rings. The minimum atomic E-state index is -0.0337. The van der Waals surface area contributed by atoms with Gasteiger partial charge in [-0.3, -0.25) is 9.59 Å². The lowest BCUT2D eigenvalue weighted by Crippen LogP contribution is -2.46. The second-order valence-corrected chi connectivity index (χ2v) is 6.32. The lowest BCUT2D eigenvalue weighted by atomic mass is 10.0. The first-order chi connectivity index (χ1) is 11.0. The maximum absolute atomic E-state index is 12.3. The molecule has 1 saturated heterocycles. The van der Waals surface area contributed by atoms with Gasteiger partial charge in [-0.1, -0.05) is 6.92 Å². The second kappa shape index (κ2) is 7.99. The predicted octanol–water partition coefficient (Wildman–Crippen LogP) is 2.27. The van der Waals surface area contributed by atoms with Crippen LogP contribution in [0.25, 0.3) is 0 Å². The van der Waals surface area contributed by atoms with Crippen molar-refractivity contribution in [1.82, 2.24) is 10.2 Å². The zero-order valence-electron chi connectivity index (χ0n) is 14.3. The smallest absolute Gasteiger partial charge is 0.251 e. The summed E-state index contributed by atoms with van der Waals surface area (Å²) >= 11 is 0. The van der Waals surface area contributed by atoms with Crippen molar-refractivity contribution in [3.8, 4) is 0 Å². The number of benzene rings is 1. The topological polar surface area (TPSA) is 52.7 Å². The third-order valence-corrected chi connectivity index (χ3v) is 4.29. The van der Waals surface area contributed by atoms with Crippen LogP contribution < -0.4 is 10.2 Å². The monoisotopic (exact) mass is 317 g/mol. The van der Waals surface area contributed by atoms with Crippen molar-refractivity contribution in [2.24, 2.45) is 0 Å². The van der Waals surface area contributed by atoms with Gasteiger partial charge in [0.25, 0.3) is 5.91 Å². The molecule has 2 amide bonds. The van der Waals surface area contributed by atoms with Crippen LogP contribution in [0.2, 0.25) is 0 Å². The number of carbonyl (C=O) groups excluding carboxylic acids is 2. The molecule has 1 aromatic carbocycles. The molecule has 0 aromatic heterocycles. The Hall–Kier alpha value is -2.04. The summed E-state index contributed by atoms with van der Waals surface area (Å²) in [7, 11) is 3.95. The van der Waals surface area contributed by atoms with Gasteiger partial charge in [0, 0.05) is 50.9 Å². The first kappa shape index (κ1) is 17.3. The van der Waals surface area contributed by atoms with Gasteiger partial charge in [0.15, 0.2) is 0 Å². The molecule has 1 heterocycles. The van der Waals surface area contributed by atoms with Crippen LogP contribution in [-0.4, -0.2) is 49.9 Å². The lowest BCUT2D eigenvalue weighted by molar-refractivity contribution is -0.132. The summed E-state index contributed by atoms with van der Waals surface area (Å²) in [4.78, 5) is 28.1. The van der Waals surface area contributed by atoms with Gasteiger partial charge < -0.3 is 15.1 Å². The van der Waals surface area contributed by atoms with E-state index in [0.717, 1.165) is 38.0 Å². The minimum Gasteiger partial charge on any atom is -0.378 e. The Morgan fingerprint density at radius 2 is 1.78 bits per heavy atom. The standard InChI is InChI=1S/C18H27N3O2/c1-4-5-17(22)21-12-10-15(11-13-21)19-18(23)14-6-8-16(9-7-14)20(2)3/h6-9,15H,4-5,10-13H2,1-3H3,(H,19,23). The number of hydrogen-bond acceptors (Lipinski definition) is 3. The number of amides is 2. The average Bonchev–Trinajstić information content (AvgIpc) is 2.55. The van der Waals surface area contributed by atoms with Gasteiger partial charge in [0.05, 0.1) is 0 Å². The molecule has 0 atom stereocenters. The number of piperidine rings is 1. The number of rotatable bonds is 5.